The molecule has 1 aromatic rings. The van der Waals surface area contributed by atoms with Crippen molar-refractivity contribution in [3.63, 3.8) is 0 Å². The lowest BCUT2D eigenvalue weighted by Gasteiger charge is -2.32. The number of nitro benzene ring substituents is 1. The molecule has 0 saturated carbocycles. The summed E-state index contributed by atoms with van der Waals surface area (Å²) in [5.74, 6) is -0.284. The van der Waals surface area contributed by atoms with Crippen molar-refractivity contribution in [1.82, 2.24) is 10.2 Å². The molecule has 1 saturated heterocycles. The van der Waals surface area contributed by atoms with Gasteiger partial charge in [-0.05, 0) is 32.5 Å². The van der Waals surface area contributed by atoms with E-state index in [0.29, 0.717) is 18.2 Å². The van der Waals surface area contributed by atoms with E-state index in [4.69, 9.17) is 4.74 Å². The van der Waals surface area contributed by atoms with E-state index >= 15 is 0 Å². The van der Waals surface area contributed by atoms with Crippen LogP contribution in [-0.2, 0) is 6.54 Å². The molecule has 1 aliphatic rings. The average Bonchev–Trinajstić information content (AvgIpc) is 2.55. The first-order chi connectivity index (χ1) is 11.4. The maximum atomic E-state index is 12.5. The molecule has 0 aliphatic carbocycles. The minimum Gasteiger partial charge on any atom is -0.493 e. The van der Waals surface area contributed by atoms with Crippen LogP contribution in [0.15, 0.2) is 12.1 Å². The summed E-state index contributed by atoms with van der Waals surface area (Å²) in [6, 6.07) is 2.74. The Hall–Kier alpha value is -1.71. The first kappa shape index (κ1) is 21.3. The molecule has 1 N–H and O–H groups in total. The number of nitrogens with zero attached hydrogens (tertiary/aromatic N) is 2. The van der Waals surface area contributed by atoms with E-state index in [-0.39, 0.29) is 29.6 Å². The number of nitrogens with one attached hydrogen (secondary N) is 1. The van der Waals surface area contributed by atoms with Gasteiger partial charge in [0.15, 0.2) is 11.5 Å². The molecular weight excluding hydrogens is 360 g/mol. The highest BCUT2D eigenvalue weighted by atomic mass is 35.5. The van der Waals surface area contributed by atoms with Gasteiger partial charge in [0.05, 0.1) is 18.1 Å². The van der Waals surface area contributed by atoms with Crippen molar-refractivity contribution in [3.8, 4) is 11.5 Å². The first-order valence-electron chi connectivity index (χ1n) is 7.64. The average molecular weight is 382 g/mol. The Kier molecular flexibility index (Phi) is 8.27. The van der Waals surface area contributed by atoms with Gasteiger partial charge in [0.25, 0.3) is 5.69 Å². The van der Waals surface area contributed by atoms with Crippen molar-refractivity contribution in [2.45, 2.75) is 32.0 Å². The van der Waals surface area contributed by atoms with Crippen molar-refractivity contribution >= 4 is 18.1 Å². The molecule has 1 heterocycles. The Morgan fingerprint density at radius 2 is 2.16 bits per heavy atom. The van der Waals surface area contributed by atoms with Crippen molar-refractivity contribution < 1.29 is 23.2 Å². The second-order valence-electron chi connectivity index (χ2n) is 5.63. The number of likely N-dealkylation sites (N-methyl/N-ethyl adjacent to an activating group) is 1. The zero-order valence-electron chi connectivity index (χ0n) is 14.0. The summed E-state index contributed by atoms with van der Waals surface area (Å²) in [6.45, 7) is -1.14. The number of nitro groups is 1. The third kappa shape index (κ3) is 5.65. The second-order valence-corrected chi connectivity index (χ2v) is 5.63. The monoisotopic (exact) mass is 381 g/mol. The predicted molar refractivity (Wildman–Crippen MR) is 90.9 cm³/mol. The summed E-state index contributed by atoms with van der Waals surface area (Å²) in [7, 11) is 3.19. The Labute approximate surface area is 150 Å². The van der Waals surface area contributed by atoms with Gasteiger partial charge >= 0.3 is 6.61 Å². The molecule has 1 unspecified atom stereocenters. The maximum absolute atomic E-state index is 12.5. The summed E-state index contributed by atoms with van der Waals surface area (Å²) >= 11 is 0. The van der Waals surface area contributed by atoms with E-state index < -0.39 is 11.5 Å². The topological polar surface area (TPSA) is 76.9 Å². The Morgan fingerprint density at radius 1 is 1.44 bits per heavy atom. The highest BCUT2D eigenvalue weighted by Crippen LogP contribution is 2.36. The summed E-state index contributed by atoms with van der Waals surface area (Å²) in [5, 5.41) is 14.5. The largest absolute Gasteiger partial charge is 0.493 e. The van der Waals surface area contributed by atoms with E-state index in [2.05, 4.69) is 15.0 Å². The van der Waals surface area contributed by atoms with Crippen molar-refractivity contribution in [1.29, 1.82) is 0 Å². The summed E-state index contributed by atoms with van der Waals surface area (Å²) in [4.78, 5) is 12.8. The van der Waals surface area contributed by atoms with Gasteiger partial charge in [0, 0.05) is 24.7 Å². The molecule has 7 nitrogen and oxygen atoms in total. The van der Waals surface area contributed by atoms with E-state index in [9.17, 15) is 18.9 Å². The number of hydrogen-bond acceptors (Lipinski definition) is 6. The molecule has 142 valence electrons. The van der Waals surface area contributed by atoms with Gasteiger partial charge in [-0.2, -0.15) is 8.78 Å². The second kappa shape index (κ2) is 9.69. The normalized spacial score (nSPS) is 17.9. The molecule has 1 fully saturated rings. The van der Waals surface area contributed by atoms with Crippen LogP contribution in [0, 0.1) is 10.1 Å². The molecule has 1 atom stereocenters. The minimum atomic E-state index is -3.08. The first-order valence-corrected chi connectivity index (χ1v) is 7.64. The van der Waals surface area contributed by atoms with Gasteiger partial charge in [0.1, 0.15) is 0 Å². The van der Waals surface area contributed by atoms with Crippen LogP contribution in [0.1, 0.15) is 18.4 Å². The number of likely N-dealkylation sites (tertiary alicyclic amines) is 1. The Balaban J connectivity index is 0.00000312. The van der Waals surface area contributed by atoms with Gasteiger partial charge in [-0.1, -0.05) is 0 Å². The molecule has 0 aromatic heterocycles. The van der Waals surface area contributed by atoms with Crippen molar-refractivity contribution in [2.24, 2.45) is 0 Å². The highest BCUT2D eigenvalue weighted by Gasteiger charge is 2.25. The summed E-state index contributed by atoms with van der Waals surface area (Å²) < 4.78 is 34.3. The van der Waals surface area contributed by atoms with E-state index in [1.165, 1.54) is 13.2 Å². The smallest absolute Gasteiger partial charge is 0.387 e. The molecule has 0 radical (unpaired) electrons. The van der Waals surface area contributed by atoms with Gasteiger partial charge in [-0.25, -0.2) is 0 Å². The highest BCUT2D eigenvalue weighted by molar-refractivity contribution is 5.85. The van der Waals surface area contributed by atoms with E-state index in [0.717, 1.165) is 32.0 Å². The minimum absolute atomic E-state index is 0. The fourth-order valence-electron chi connectivity index (χ4n) is 2.91. The van der Waals surface area contributed by atoms with Crippen LogP contribution >= 0.6 is 12.4 Å². The number of benzene rings is 1. The number of halogens is 3. The summed E-state index contributed by atoms with van der Waals surface area (Å²) in [5.41, 5.74) is 0.160. The molecule has 10 heteroatoms. The van der Waals surface area contributed by atoms with E-state index in [1.54, 1.807) is 0 Å². The van der Waals surface area contributed by atoms with Gasteiger partial charge < -0.3 is 14.8 Å². The Bertz CT molecular complexity index is 592. The van der Waals surface area contributed by atoms with Crippen molar-refractivity contribution in [2.75, 3.05) is 27.2 Å². The van der Waals surface area contributed by atoms with Crippen molar-refractivity contribution in [3.05, 3.63) is 27.8 Å². The zero-order valence-corrected chi connectivity index (χ0v) is 14.9. The maximum Gasteiger partial charge on any atom is 0.387 e. The number of methoxy groups -OCH3 is 1. The van der Waals surface area contributed by atoms with Gasteiger partial charge in [-0.3, -0.25) is 15.0 Å². The van der Waals surface area contributed by atoms with Crippen LogP contribution in [0.25, 0.3) is 0 Å². The van der Waals surface area contributed by atoms with E-state index in [1.807, 2.05) is 7.05 Å². The standard InChI is InChI=1S/C15H21F2N3O4.ClH/c1-18-11-4-3-5-19(9-11)8-10-6-13(23-2)14(24-15(16)17)7-12(10)20(21)22;/h6-7,11,15,18H,3-5,8-9H2,1-2H3;1H. The number of piperidine rings is 1. The molecule has 1 aliphatic heterocycles. The predicted octanol–water partition coefficient (Wildman–Crippen LogP) is 2.81. The third-order valence-electron chi connectivity index (χ3n) is 4.09. The lowest BCUT2D eigenvalue weighted by molar-refractivity contribution is -0.385. The summed E-state index contributed by atoms with van der Waals surface area (Å²) in [6.07, 6.45) is 2.04. The number of ether oxygens (including phenoxy) is 2. The number of hydrogen-bond donors (Lipinski definition) is 1. The quantitative estimate of drug-likeness (QED) is 0.578. The molecule has 0 bridgehead atoms. The molecule has 0 spiro atoms. The van der Waals surface area contributed by atoms with Crippen LogP contribution in [0.2, 0.25) is 0 Å². The Morgan fingerprint density at radius 3 is 2.72 bits per heavy atom. The number of rotatable bonds is 7. The molecular formula is C15H22ClF2N3O4. The fourth-order valence-corrected chi connectivity index (χ4v) is 2.91. The van der Waals surface area contributed by atoms with Gasteiger partial charge in [0.2, 0.25) is 0 Å². The molecule has 0 amide bonds. The fraction of sp³-hybridized carbons (Fsp3) is 0.600. The lowest BCUT2D eigenvalue weighted by atomic mass is 10.0. The van der Waals surface area contributed by atoms with Crippen LogP contribution in [0.3, 0.4) is 0 Å². The molecule has 25 heavy (non-hydrogen) atoms. The van der Waals surface area contributed by atoms with Crippen LogP contribution in [0.5, 0.6) is 11.5 Å². The lowest BCUT2D eigenvalue weighted by Crippen LogP contribution is -2.43. The molecule has 1 aromatic carbocycles. The van der Waals surface area contributed by atoms with Crippen LogP contribution in [-0.4, -0.2) is 49.7 Å². The number of alkyl halides is 2. The van der Waals surface area contributed by atoms with Gasteiger partial charge in [-0.15, -0.1) is 12.4 Å². The zero-order chi connectivity index (χ0) is 17.7. The van der Waals surface area contributed by atoms with Crippen LogP contribution < -0.4 is 14.8 Å². The third-order valence-corrected chi connectivity index (χ3v) is 4.09. The molecule has 2 rings (SSSR count). The van der Waals surface area contributed by atoms with Crippen LogP contribution in [0.4, 0.5) is 14.5 Å². The SMILES string of the molecule is CNC1CCCN(Cc2cc(OC)c(OC(F)F)cc2[N+](=O)[O-])C1.Cl.